The second-order valence-electron chi connectivity index (χ2n) is 7.09. The number of carbonyl (C=O) groups excluding carboxylic acids is 2. The van der Waals surface area contributed by atoms with E-state index in [1.54, 1.807) is 6.08 Å². The van der Waals surface area contributed by atoms with Crippen molar-refractivity contribution in [1.82, 2.24) is 9.21 Å². The molecule has 10 heteroatoms. The zero-order valence-electron chi connectivity index (χ0n) is 15.8. The molecule has 2 atom stereocenters. The lowest BCUT2D eigenvalue weighted by atomic mass is 9.95. The van der Waals surface area contributed by atoms with Crippen LogP contribution in [-0.4, -0.2) is 63.0 Å². The first-order valence-corrected chi connectivity index (χ1v) is 12.6. The van der Waals surface area contributed by atoms with E-state index in [1.165, 1.54) is 29.2 Å². The van der Waals surface area contributed by atoms with E-state index in [0.29, 0.717) is 18.5 Å². The lowest BCUT2D eigenvalue weighted by Crippen LogP contribution is -2.41. The molecule has 1 saturated heterocycles. The Kier molecular flexibility index (Phi) is 5.13. The number of sulfone groups is 1. The minimum atomic E-state index is -3.78. The van der Waals surface area contributed by atoms with Crippen LogP contribution in [0.25, 0.3) is 0 Å². The summed E-state index contributed by atoms with van der Waals surface area (Å²) in [5.41, 5.74) is 0.606. The predicted octanol–water partition coefficient (Wildman–Crippen LogP) is 1.02. The third-order valence-corrected chi connectivity index (χ3v) is 7.17. The number of carbonyl (C=O) groups is 2. The molecule has 0 aliphatic carbocycles. The van der Waals surface area contributed by atoms with Gasteiger partial charge in [-0.2, -0.15) is 0 Å². The molecule has 0 saturated carbocycles. The normalized spacial score (nSPS) is 22.4. The topological polar surface area (TPSA) is 109 Å². The summed E-state index contributed by atoms with van der Waals surface area (Å²) >= 11 is 0. The van der Waals surface area contributed by atoms with Crippen molar-refractivity contribution in [2.45, 2.75) is 30.7 Å². The molecule has 152 valence electrons. The molecule has 2 aliphatic rings. The molecule has 2 amide bonds. The summed E-state index contributed by atoms with van der Waals surface area (Å²) in [4.78, 5) is 27.3. The Hall–Kier alpha value is -2.20. The molecular formula is C18H22N2O6S2. The van der Waals surface area contributed by atoms with Gasteiger partial charge in [0.25, 0.3) is 5.91 Å². The van der Waals surface area contributed by atoms with E-state index < -0.39 is 37.7 Å². The number of rotatable bonds is 5. The molecular weight excluding hydrogens is 404 g/mol. The number of amides is 2. The summed E-state index contributed by atoms with van der Waals surface area (Å²) in [6.07, 6.45) is 4.79. The number of hydrogen-bond donors (Lipinski definition) is 0. The van der Waals surface area contributed by atoms with E-state index in [-0.39, 0.29) is 22.9 Å². The zero-order valence-corrected chi connectivity index (χ0v) is 17.5. The Bertz CT molecular complexity index is 1060. The summed E-state index contributed by atoms with van der Waals surface area (Å²) < 4.78 is 48.2. The Labute approximate surface area is 164 Å². The van der Waals surface area contributed by atoms with Crippen LogP contribution in [0.3, 0.4) is 0 Å². The van der Waals surface area contributed by atoms with Crippen molar-refractivity contribution in [3.63, 3.8) is 0 Å². The van der Waals surface area contributed by atoms with E-state index >= 15 is 0 Å². The number of benzene rings is 1. The molecule has 3 rings (SSSR count). The van der Waals surface area contributed by atoms with Gasteiger partial charge in [0.1, 0.15) is 0 Å². The van der Waals surface area contributed by atoms with Gasteiger partial charge < -0.3 is 4.90 Å². The zero-order chi connectivity index (χ0) is 20.9. The van der Waals surface area contributed by atoms with Crippen LogP contribution in [0.2, 0.25) is 0 Å². The predicted molar refractivity (Wildman–Crippen MR) is 103 cm³/mol. The second-order valence-corrected chi connectivity index (χ2v) is 10.9. The Balaban J connectivity index is 1.94. The molecule has 2 heterocycles. The van der Waals surface area contributed by atoms with Gasteiger partial charge in [-0.15, -0.1) is 0 Å². The molecule has 28 heavy (non-hydrogen) atoms. The van der Waals surface area contributed by atoms with Crippen LogP contribution < -0.4 is 0 Å². The molecule has 0 unspecified atom stereocenters. The number of fused-ring (bicyclic) bond motifs is 1. The molecule has 0 spiro atoms. The highest BCUT2D eigenvalue weighted by molar-refractivity contribution is 7.90. The highest BCUT2D eigenvalue weighted by Crippen LogP contribution is 2.40. The lowest BCUT2D eigenvalue weighted by Gasteiger charge is -2.27. The highest BCUT2D eigenvalue weighted by atomic mass is 32.2. The Morgan fingerprint density at radius 1 is 1.11 bits per heavy atom. The second kappa shape index (κ2) is 7.00. The number of nitrogens with zero attached hydrogens (tertiary/aromatic N) is 2. The van der Waals surface area contributed by atoms with E-state index in [4.69, 9.17) is 0 Å². The lowest BCUT2D eigenvalue weighted by molar-refractivity contribution is -0.127. The van der Waals surface area contributed by atoms with Crippen LogP contribution in [0.5, 0.6) is 0 Å². The molecule has 0 aromatic heterocycles. The van der Waals surface area contributed by atoms with Crippen LogP contribution in [0, 0.1) is 5.92 Å². The van der Waals surface area contributed by atoms with E-state index in [9.17, 15) is 26.4 Å². The summed E-state index contributed by atoms with van der Waals surface area (Å²) in [6, 6.07) is 4.94. The summed E-state index contributed by atoms with van der Waals surface area (Å²) in [6.45, 7) is 2.08. The largest absolute Gasteiger partial charge is 0.325 e. The molecule has 8 nitrogen and oxygen atoms in total. The van der Waals surface area contributed by atoms with Gasteiger partial charge >= 0.3 is 0 Å². The Morgan fingerprint density at radius 3 is 2.21 bits per heavy atom. The fourth-order valence-corrected chi connectivity index (χ4v) is 5.45. The summed E-state index contributed by atoms with van der Waals surface area (Å²) in [5, 5.41) is 0. The van der Waals surface area contributed by atoms with Crippen molar-refractivity contribution in [2.24, 2.45) is 5.92 Å². The van der Waals surface area contributed by atoms with Crippen LogP contribution in [-0.2, 0) is 24.7 Å². The minimum absolute atomic E-state index is 0.104. The first-order chi connectivity index (χ1) is 13.0. The van der Waals surface area contributed by atoms with Gasteiger partial charge in [0.05, 0.1) is 28.8 Å². The van der Waals surface area contributed by atoms with Crippen LogP contribution in [0.1, 0.15) is 30.1 Å². The van der Waals surface area contributed by atoms with Crippen molar-refractivity contribution < 1.29 is 26.4 Å². The summed E-state index contributed by atoms with van der Waals surface area (Å²) in [7, 11) is -7.16. The fourth-order valence-electron chi connectivity index (χ4n) is 3.79. The van der Waals surface area contributed by atoms with Crippen molar-refractivity contribution >= 4 is 31.7 Å². The fraction of sp³-hybridized carbons (Fsp3) is 0.444. The van der Waals surface area contributed by atoms with Gasteiger partial charge in [-0.05, 0) is 36.8 Å². The van der Waals surface area contributed by atoms with Crippen molar-refractivity contribution in [3.8, 4) is 0 Å². The Morgan fingerprint density at radius 2 is 1.71 bits per heavy atom. The van der Waals surface area contributed by atoms with Crippen molar-refractivity contribution in [1.29, 1.82) is 0 Å². The molecule has 0 bridgehead atoms. The monoisotopic (exact) mass is 426 g/mol. The van der Waals surface area contributed by atoms with Crippen molar-refractivity contribution in [3.05, 3.63) is 41.6 Å². The van der Waals surface area contributed by atoms with Gasteiger partial charge in [0, 0.05) is 18.4 Å². The average Bonchev–Trinajstić information content (AvgIpc) is 3.12. The SMILES string of the molecule is CCC[C@H]1C(=O)N(S(C)(=O)=O)C2=CCN(C(=O)c3ccc(S(C)(=O)=O)cc3)[C@@H]21. The smallest absolute Gasteiger partial charge is 0.254 e. The van der Waals surface area contributed by atoms with Gasteiger partial charge in [0.2, 0.25) is 15.9 Å². The highest BCUT2D eigenvalue weighted by Gasteiger charge is 2.53. The maximum absolute atomic E-state index is 13.0. The molecule has 2 aliphatic heterocycles. The maximum atomic E-state index is 13.0. The average molecular weight is 427 g/mol. The molecule has 1 aromatic carbocycles. The summed E-state index contributed by atoms with van der Waals surface area (Å²) in [5.74, 6) is -1.50. The third-order valence-electron chi connectivity index (χ3n) is 4.99. The van der Waals surface area contributed by atoms with Crippen LogP contribution in [0.15, 0.2) is 40.9 Å². The quantitative estimate of drug-likeness (QED) is 0.695. The van der Waals surface area contributed by atoms with E-state index in [2.05, 4.69) is 0 Å². The molecule has 0 radical (unpaired) electrons. The first-order valence-electron chi connectivity index (χ1n) is 8.82. The van der Waals surface area contributed by atoms with Gasteiger partial charge in [-0.1, -0.05) is 13.3 Å². The number of sulfonamides is 1. The van der Waals surface area contributed by atoms with E-state index in [0.717, 1.165) is 16.8 Å². The maximum Gasteiger partial charge on any atom is 0.254 e. The van der Waals surface area contributed by atoms with Gasteiger partial charge in [-0.25, -0.2) is 21.1 Å². The standard InChI is InChI=1S/C18H22N2O6S2/c1-4-5-14-16-15(20(18(14)22)28(3,25)26)10-11-19(16)17(21)12-6-8-13(9-7-12)27(2,23)24/h6-10,14,16H,4-5,11H2,1-3H3/t14-,16-/m1/s1. The molecule has 0 N–H and O–H groups in total. The number of hydrogen-bond acceptors (Lipinski definition) is 6. The van der Waals surface area contributed by atoms with Gasteiger partial charge in [-0.3, -0.25) is 9.59 Å². The van der Waals surface area contributed by atoms with Crippen LogP contribution >= 0.6 is 0 Å². The minimum Gasteiger partial charge on any atom is -0.325 e. The molecule has 1 fully saturated rings. The molecule has 1 aromatic rings. The van der Waals surface area contributed by atoms with E-state index in [1.807, 2.05) is 6.92 Å². The first kappa shape index (κ1) is 20.5. The third kappa shape index (κ3) is 3.46. The van der Waals surface area contributed by atoms with Crippen molar-refractivity contribution in [2.75, 3.05) is 19.1 Å². The van der Waals surface area contributed by atoms with Crippen LogP contribution in [0.4, 0.5) is 0 Å². The van der Waals surface area contributed by atoms with Gasteiger partial charge in [0.15, 0.2) is 9.84 Å².